The lowest BCUT2D eigenvalue weighted by molar-refractivity contribution is 0.0675. The Morgan fingerprint density at radius 3 is 2.83 bits per heavy atom. The van der Waals surface area contributed by atoms with Crippen LogP contribution in [0.1, 0.15) is 41.2 Å². The fraction of sp³-hybridized carbons (Fsp3) is 0.278. The SMILES string of the molecule is C[C@@H](c1ccccn1)N(C(=O)c1cnc(-c2ccco2)s1)C1CC1. The van der Waals surface area contributed by atoms with E-state index in [1.807, 2.05) is 42.2 Å². The second-order valence-electron chi connectivity index (χ2n) is 5.88. The quantitative estimate of drug-likeness (QED) is 0.700. The number of aromatic nitrogens is 2. The van der Waals surface area contributed by atoms with Crippen LogP contribution in [0.4, 0.5) is 0 Å². The Morgan fingerprint density at radius 1 is 1.29 bits per heavy atom. The van der Waals surface area contributed by atoms with Crippen LogP contribution in [0.25, 0.3) is 10.8 Å². The molecule has 1 saturated carbocycles. The minimum Gasteiger partial charge on any atom is -0.462 e. The van der Waals surface area contributed by atoms with Crippen molar-refractivity contribution >= 4 is 17.2 Å². The van der Waals surface area contributed by atoms with Crippen molar-refractivity contribution in [2.75, 3.05) is 0 Å². The van der Waals surface area contributed by atoms with Crippen LogP contribution in [0.3, 0.4) is 0 Å². The molecule has 0 N–H and O–H groups in total. The van der Waals surface area contributed by atoms with E-state index in [9.17, 15) is 4.79 Å². The molecule has 6 heteroatoms. The summed E-state index contributed by atoms with van der Waals surface area (Å²) in [6, 6.07) is 9.71. The van der Waals surface area contributed by atoms with Gasteiger partial charge in [-0.15, -0.1) is 11.3 Å². The number of amides is 1. The molecule has 0 spiro atoms. The lowest BCUT2D eigenvalue weighted by Crippen LogP contribution is -2.35. The number of pyridine rings is 1. The molecule has 1 aliphatic rings. The molecule has 0 aliphatic heterocycles. The van der Waals surface area contributed by atoms with Crippen molar-refractivity contribution in [3.05, 3.63) is 59.6 Å². The largest absolute Gasteiger partial charge is 0.462 e. The van der Waals surface area contributed by atoms with Crippen molar-refractivity contribution in [3.8, 4) is 10.8 Å². The molecule has 4 rings (SSSR count). The normalized spacial score (nSPS) is 15.2. The number of carbonyl (C=O) groups is 1. The predicted octanol–water partition coefficient (Wildman–Crippen LogP) is 4.16. The molecule has 1 aliphatic carbocycles. The number of hydrogen-bond acceptors (Lipinski definition) is 5. The van der Waals surface area contributed by atoms with Gasteiger partial charge in [0.1, 0.15) is 4.88 Å². The van der Waals surface area contributed by atoms with Crippen molar-refractivity contribution in [2.24, 2.45) is 0 Å². The first-order valence-corrected chi connectivity index (χ1v) is 8.79. The molecule has 1 atom stereocenters. The zero-order valence-electron chi connectivity index (χ0n) is 13.3. The van der Waals surface area contributed by atoms with Crippen LogP contribution in [0.2, 0.25) is 0 Å². The van der Waals surface area contributed by atoms with Gasteiger partial charge in [0.15, 0.2) is 10.8 Å². The Labute approximate surface area is 144 Å². The minimum absolute atomic E-state index is 0.0194. The maximum absolute atomic E-state index is 13.1. The lowest BCUT2D eigenvalue weighted by atomic mass is 10.1. The Hall–Kier alpha value is -2.47. The molecule has 122 valence electrons. The van der Waals surface area contributed by atoms with E-state index in [2.05, 4.69) is 9.97 Å². The summed E-state index contributed by atoms with van der Waals surface area (Å²) in [5.74, 6) is 0.709. The summed E-state index contributed by atoms with van der Waals surface area (Å²) < 4.78 is 5.36. The molecule has 24 heavy (non-hydrogen) atoms. The van der Waals surface area contributed by atoms with Crippen molar-refractivity contribution < 1.29 is 9.21 Å². The van der Waals surface area contributed by atoms with Gasteiger partial charge >= 0.3 is 0 Å². The zero-order chi connectivity index (χ0) is 16.5. The van der Waals surface area contributed by atoms with Crippen LogP contribution in [-0.2, 0) is 0 Å². The third kappa shape index (κ3) is 2.85. The van der Waals surface area contributed by atoms with E-state index in [4.69, 9.17) is 4.42 Å². The van der Waals surface area contributed by atoms with Crippen LogP contribution in [0, 0.1) is 0 Å². The summed E-state index contributed by atoms with van der Waals surface area (Å²) in [5.41, 5.74) is 0.911. The van der Waals surface area contributed by atoms with Gasteiger partial charge in [-0.3, -0.25) is 9.78 Å². The average molecular weight is 339 g/mol. The highest BCUT2D eigenvalue weighted by Crippen LogP contribution is 2.36. The highest BCUT2D eigenvalue weighted by molar-refractivity contribution is 7.16. The first kappa shape index (κ1) is 15.1. The Morgan fingerprint density at radius 2 is 2.17 bits per heavy atom. The molecule has 1 amide bonds. The zero-order valence-corrected chi connectivity index (χ0v) is 14.1. The molecule has 0 saturated heterocycles. The van der Waals surface area contributed by atoms with Crippen molar-refractivity contribution in [1.82, 2.24) is 14.9 Å². The van der Waals surface area contributed by atoms with E-state index >= 15 is 0 Å². The summed E-state index contributed by atoms with van der Waals surface area (Å²) >= 11 is 1.37. The monoisotopic (exact) mass is 339 g/mol. The van der Waals surface area contributed by atoms with Gasteiger partial charge in [0.05, 0.1) is 24.2 Å². The van der Waals surface area contributed by atoms with E-state index in [1.165, 1.54) is 11.3 Å². The molecule has 0 radical (unpaired) electrons. The van der Waals surface area contributed by atoms with Crippen molar-refractivity contribution in [2.45, 2.75) is 31.8 Å². The van der Waals surface area contributed by atoms with Gasteiger partial charge in [0.25, 0.3) is 5.91 Å². The van der Waals surface area contributed by atoms with Crippen LogP contribution in [-0.4, -0.2) is 26.8 Å². The lowest BCUT2D eigenvalue weighted by Gasteiger charge is -2.28. The fourth-order valence-electron chi connectivity index (χ4n) is 2.79. The summed E-state index contributed by atoms with van der Waals surface area (Å²) in [5, 5.41) is 0.726. The number of hydrogen-bond donors (Lipinski definition) is 0. The fourth-order valence-corrected chi connectivity index (χ4v) is 3.62. The molecule has 3 aromatic rings. The summed E-state index contributed by atoms with van der Waals surface area (Å²) in [6.45, 7) is 2.03. The van der Waals surface area contributed by atoms with Gasteiger partial charge in [-0.05, 0) is 44.0 Å². The third-order valence-electron chi connectivity index (χ3n) is 4.16. The van der Waals surface area contributed by atoms with Crippen LogP contribution in [0.5, 0.6) is 0 Å². The van der Waals surface area contributed by atoms with Gasteiger partial charge in [0, 0.05) is 12.2 Å². The Bertz CT molecular complexity index is 825. The number of furan rings is 1. The predicted molar refractivity (Wildman–Crippen MR) is 91.7 cm³/mol. The summed E-state index contributed by atoms with van der Waals surface area (Å²) in [7, 11) is 0. The molecule has 3 heterocycles. The number of carbonyl (C=O) groups excluding carboxylic acids is 1. The minimum atomic E-state index is -0.0552. The highest BCUT2D eigenvalue weighted by Gasteiger charge is 2.37. The Kier molecular flexibility index (Phi) is 3.90. The molecule has 0 aromatic carbocycles. The van der Waals surface area contributed by atoms with Gasteiger partial charge in [-0.1, -0.05) is 6.07 Å². The second-order valence-corrected chi connectivity index (χ2v) is 6.91. The summed E-state index contributed by atoms with van der Waals surface area (Å²) in [6.07, 6.45) is 7.12. The van der Waals surface area contributed by atoms with E-state index in [0.29, 0.717) is 16.7 Å². The van der Waals surface area contributed by atoms with Gasteiger partial charge in [0.2, 0.25) is 0 Å². The topological polar surface area (TPSA) is 59.2 Å². The molecule has 1 fully saturated rings. The third-order valence-corrected chi connectivity index (χ3v) is 5.16. The Balaban J connectivity index is 1.61. The van der Waals surface area contributed by atoms with Crippen LogP contribution in [0.15, 0.2) is 53.4 Å². The van der Waals surface area contributed by atoms with Crippen LogP contribution < -0.4 is 0 Å². The smallest absolute Gasteiger partial charge is 0.266 e. The molecule has 0 unspecified atom stereocenters. The highest BCUT2D eigenvalue weighted by atomic mass is 32.1. The van der Waals surface area contributed by atoms with Crippen LogP contribution >= 0.6 is 11.3 Å². The number of thiazole rings is 1. The van der Waals surface area contributed by atoms with Crippen molar-refractivity contribution in [3.63, 3.8) is 0 Å². The number of rotatable bonds is 5. The van der Waals surface area contributed by atoms with E-state index in [0.717, 1.165) is 23.5 Å². The standard InChI is InChI=1S/C18H17N3O2S/c1-12(14-5-2-3-9-19-14)21(13-7-8-13)18(22)16-11-20-17(24-16)15-6-4-10-23-15/h2-6,9-13H,7-8H2,1H3/t12-/m0/s1. The maximum atomic E-state index is 13.1. The first-order valence-electron chi connectivity index (χ1n) is 7.97. The first-order chi connectivity index (χ1) is 11.7. The van der Waals surface area contributed by atoms with Crippen molar-refractivity contribution in [1.29, 1.82) is 0 Å². The van der Waals surface area contributed by atoms with E-state index < -0.39 is 0 Å². The van der Waals surface area contributed by atoms with E-state index in [-0.39, 0.29) is 11.9 Å². The summed E-state index contributed by atoms with van der Waals surface area (Å²) in [4.78, 5) is 24.4. The molecular weight excluding hydrogens is 322 g/mol. The van der Waals surface area contributed by atoms with Gasteiger partial charge in [-0.25, -0.2) is 4.98 Å². The molecule has 0 bridgehead atoms. The molecule has 5 nitrogen and oxygen atoms in total. The van der Waals surface area contributed by atoms with Gasteiger partial charge < -0.3 is 9.32 Å². The second kappa shape index (κ2) is 6.20. The molecular formula is C18H17N3O2S. The average Bonchev–Trinajstić information content (AvgIpc) is 3.11. The van der Waals surface area contributed by atoms with Gasteiger partial charge in [-0.2, -0.15) is 0 Å². The molecule has 3 aromatic heterocycles. The van der Waals surface area contributed by atoms with E-state index in [1.54, 1.807) is 18.7 Å². The number of nitrogens with zero attached hydrogens (tertiary/aromatic N) is 3. The maximum Gasteiger partial charge on any atom is 0.266 e.